The molecule has 0 spiro atoms. The Morgan fingerprint density at radius 3 is 2.77 bits per heavy atom. The smallest absolute Gasteiger partial charge is 0.227 e. The van der Waals surface area contributed by atoms with Crippen molar-refractivity contribution in [3.05, 3.63) is 34.8 Å². The van der Waals surface area contributed by atoms with Gasteiger partial charge in [0.1, 0.15) is 5.75 Å². The number of benzene rings is 1. The molecule has 1 amide bonds. The molecule has 26 heavy (non-hydrogen) atoms. The fourth-order valence-corrected chi connectivity index (χ4v) is 5.33. The summed E-state index contributed by atoms with van der Waals surface area (Å²) in [6, 6.07) is 6.16. The number of carbonyl (C=O) groups is 1. The van der Waals surface area contributed by atoms with Gasteiger partial charge >= 0.3 is 0 Å². The minimum atomic E-state index is -3.52. The Balaban J connectivity index is 1.58. The number of anilines is 1. The van der Waals surface area contributed by atoms with Crippen molar-refractivity contribution in [1.82, 2.24) is 4.98 Å². The van der Waals surface area contributed by atoms with Crippen molar-refractivity contribution in [1.29, 1.82) is 0 Å². The van der Waals surface area contributed by atoms with Crippen molar-refractivity contribution in [3.8, 4) is 5.75 Å². The van der Waals surface area contributed by atoms with Crippen molar-refractivity contribution < 1.29 is 17.9 Å². The first kappa shape index (κ1) is 18.8. The lowest BCUT2D eigenvalue weighted by Crippen LogP contribution is -2.17. The van der Waals surface area contributed by atoms with Gasteiger partial charge in [-0.15, -0.1) is 11.3 Å². The summed E-state index contributed by atoms with van der Waals surface area (Å²) in [5.41, 5.74) is 1.06. The summed E-state index contributed by atoms with van der Waals surface area (Å²) >= 11 is 1.49. The number of amides is 1. The van der Waals surface area contributed by atoms with Gasteiger partial charge in [0.25, 0.3) is 0 Å². The zero-order valence-corrected chi connectivity index (χ0v) is 16.5. The average Bonchev–Trinajstić information content (AvgIpc) is 3.01. The number of hydrogen-bond donors (Lipinski definition) is 1. The number of sulfone groups is 1. The molecular formula is C18H22N2O4S2. The molecule has 1 aliphatic rings. The largest absolute Gasteiger partial charge is 0.497 e. The summed E-state index contributed by atoms with van der Waals surface area (Å²) in [4.78, 5) is 18.0. The number of rotatable bonds is 6. The fourth-order valence-electron chi connectivity index (χ4n) is 2.90. The van der Waals surface area contributed by atoms with Crippen LogP contribution in [0.15, 0.2) is 29.2 Å². The van der Waals surface area contributed by atoms with E-state index in [9.17, 15) is 13.2 Å². The number of nitrogens with zero attached hydrogens (tertiary/aromatic N) is 1. The highest BCUT2D eigenvalue weighted by molar-refractivity contribution is 7.91. The van der Waals surface area contributed by atoms with E-state index in [0.29, 0.717) is 16.8 Å². The minimum Gasteiger partial charge on any atom is -0.497 e. The normalized spacial score (nSPS) is 16.8. The van der Waals surface area contributed by atoms with Gasteiger partial charge in [-0.3, -0.25) is 4.79 Å². The molecule has 140 valence electrons. The van der Waals surface area contributed by atoms with Gasteiger partial charge in [-0.1, -0.05) is 6.92 Å². The highest BCUT2D eigenvalue weighted by Gasteiger charge is 2.21. The number of hydrogen-bond acceptors (Lipinski definition) is 6. The second-order valence-corrected chi connectivity index (χ2v) is 9.72. The Bertz CT molecular complexity index is 888. The number of carbonyl (C=O) groups excluding carboxylic acids is 1. The maximum atomic E-state index is 12.4. The molecule has 1 aromatic carbocycles. The van der Waals surface area contributed by atoms with E-state index < -0.39 is 9.84 Å². The Morgan fingerprint density at radius 1 is 1.35 bits per heavy atom. The number of fused-ring (bicyclic) bond motifs is 1. The minimum absolute atomic E-state index is 0.102. The summed E-state index contributed by atoms with van der Waals surface area (Å²) in [5, 5.41) is 3.31. The molecule has 0 fully saturated rings. The average molecular weight is 395 g/mol. The fraction of sp³-hybridized carbons (Fsp3) is 0.444. The monoisotopic (exact) mass is 394 g/mol. The molecule has 8 heteroatoms. The lowest BCUT2D eigenvalue weighted by molar-refractivity contribution is -0.115. The standard InChI is InChI=1S/C18H22N2O4S2/c1-12-3-8-15-16(11-12)25-18(19-15)20-17(21)9-10-26(22,23)14-6-4-13(24-2)5-7-14/h4-7,12H,3,8-11H2,1-2H3,(H,19,20,21)/t12-/m0/s1. The summed E-state index contributed by atoms with van der Waals surface area (Å²) in [7, 11) is -2.00. The van der Waals surface area contributed by atoms with Gasteiger partial charge < -0.3 is 10.1 Å². The van der Waals surface area contributed by atoms with Crippen LogP contribution in [0.25, 0.3) is 0 Å². The molecule has 6 nitrogen and oxygen atoms in total. The van der Waals surface area contributed by atoms with Crippen LogP contribution >= 0.6 is 11.3 Å². The SMILES string of the molecule is COc1ccc(S(=O)(=O)CCC(=O)Nc2nc3c(s2)C[C@@H](C)CC3)cc1. The maximum Gasteiger partial charge on any atom is 0.227 e. The van der Waals surface area contributed by atoms with Crippen LogP contribution in [-0.4, -0.2) is 32.2 Å². The molecule has 0 saturated carbocycles. The second kappa shape index (κ2) is 7.75. The number of methoxy groups -OCH3 is 1. The van der Waals surface area contributed by atoms with Gasteiger partial charge in [0.2, 0.25) is 5.91 Å². The number of aromatic nitrogens is 1. The summed E-state index contributed by atoms with van der Waals surface area (Å²) in [6.07, 6.45) is 2.95. The highest BCUT2D eigenvalue weighted by Crippen LogP contribution is 2.32. The molecule has 0 radical (unpaired) electrons. The Labute approximate surface area is 157 Å². The van der Waals surface area contributed by atoms with Crippen LogP contribution < -0.4 is 10.1 Å². The van der Waals surface area contributed by atoms with Crippen molar-refractivity contribution in [3.63, 3.8) is 0 Å². The van der Waals surface area contributed by atoms with Gasteiger partial charge in [0.05, 0.1) is 23.5 Å². The molecular weight excluding hydrogens is 372 g/mol. The van der Waals surface area contributed by atoms with Crippen LogP contribution in [0.2, 0.25) is 0 Å². The summed E-state index contributed by atoms with van der Waals surface area (Å²) < 4.78 is 29.7. The first-order valence-electron chi connectivity index (χ1n) is 8.52. The molecule has 3 rings (SSSR count). The third-order valence-electron chi connectivity index (χ3n) is 4.45. The second-order valence-electron chi connectivity index (χ2n) is 6.53. The maximum absolute atomic E-state index is 12.4. The van der Waals surface area contributed by atoms with E-state index in [2.05, 4.69) is 17.2 Å². The molecule has 0 unspecified atom stereocenters. The topological polar surface area (TPSA) is 85.4 Å². The highest BCUT2D eigenvalue weighted by atomic mass is 32.2. The third-order valence-corrected chi connectivity index (χ3v) is 7.22. The Hall–Kier alpha value is -1.93. The van der Waals surface area contributed by atoms with Crippen LogP contribution in [0, 0.1) is 5.92 Å². The molecule has 0 saturated heterocycles. The van der Waals surface area contributed by atoms with E-state index in [-0.39, 0.29) is 23.0 Å². The quantitative estimate of drug-likeness (QED) is 0.814. The number of nitrogens with one attached hydrogen (secondary N) is 1. The number of aryl methyl sites for hydroxylation is 1. The number of ether oxygens (including phenoxy) is 1. The van der Waals surface area contributed by atoms with E-state index in [1.54, 1.807) is 12.1 Å². The molecule has 1 aliphatic carbocycles. The zero-order chi connectivity index (χ0) is 18.7. The van der Waals surface area contributed by atoms with E-state index in [1.807, 2.05) is 0 Å². The predicted octanol–water partition coefficient (Wildman–Crippen LogP) is 3.08. The number of thiazole rings is 1. The molecule has 1 aromatic heterocycles. The van der Waals surface area contributed by atoms with Crippen LogP contribution in [-0.2, 0) is 27.5 Å². The Morgan fingerprint density at radius 2 is 2.08 bits per heavy atom. The third kappa shape index (κ3) is 4.42. The van der Waals surface area contributed by atoms with E-state index in [0.717, 1.165) is 25.0 Å². The van der Waals surface area contributed by atoms with E-state index in [1.165, 1.54) is 35.5 Å². The van der Waals surface area contributed by atoms with Crippen LogP contribution in [0.5, 0.6) is 5.75 Å². The van der Waals surface area contributed by atoms with Crippen LogP contribution in [0.4, 0.5) is 5.13 Å². The summed E-state index contributed by atoms with van der Waals surface area (Å²) in [6.45, 7) is 2.21. The first-order chi connectivity index (χ1) is 12.4. The van der Waals surface area contributed by atoms with Gasteiger partial charge in [0, 0.05) is 11.3 Å². The van der Waals surface area contributed by atoms with Gasteiger partial charge in [-0.05, 0) is 49.4 Å². The molecule has 1 N–H and O–H groups in total. The summed E-state index contributed by atoms with van der Waals surface area (Å²) in [5.74, 6) is 0.652. The van der Waals surface area contributed by atoms with Crippen LogP contribution in [0.1, 0.15) is 30.3 Å². The first-order valence-corrected chi connectivity index (χ1v) is 11.0. The van der Waals surface area contributed by atoms with Gasteiger partial charge in [-0.25, -0.2) is 13.4 Å². The molecule has 0 aliphatic heterocycles. The lowest BCUT2D eigenvalue weighted by Gasteiger charge is -2.15. The molecule has 1 atom stereocenters. The lowest BCUT2D eigenvalue weighted by atomic mass is 9.93. The predicted molar refractivity (Wildman–Crippen MR) is 102 cm³/mol. The van der Waals surface area contributed by atoms with Crippen molar-refractivity contribution in [2.24, 2.45) is 5.92 Å². The van der Waals surface area contributed by atoms with Crippen molar-refractivity contribution in [2.45, 2.75) is 37.5 Å². The molecule has 0 bridgehead atoms. The molecule has 1 heterocycles. The van der Waals surface area contributed by atoms with E-state index in [4.69, 9.17) is 4.74 Å². The Kier molecular flexibility index (Phi) is 5.62. The van der Waals surface area contributed by atoms with E-state index >= 15 is 0 Å². The van der Waals surface area contributed by atoms with Crippen molar-refractivity contribution in [2.75, 3.05) is 18.2 Å². The zero-order valence-electron chi connectivity index (χ0n) is 14.8. The molecule has 2 aromatic rings. The van der Waals surface area contributed by atoms with Gasteiger partial charge in [-0.2, -0.15) is 0 Å². The van der Waals surface area contributed by atoms with Crippen LogP contribution in [0.3, 0.4) is 0 Å². The van der Waals surface area contributed by atoms with Crippen molar-refractivity contribution >= 4 is 32.2 Å². The van der Waals surface area contributed by atoms with Gasteiger partial charge in [0.15, 0.2) is 15.0 Å².